The molecule has 0 fully saturated rings. The third kappa shape index (κ3) is 3.71. The lowest BCUT2D eigenvalue weighted by molar-refractivity contribution is -0.393. The predicted octanol–water partition coefficient (Wildman–Crippen LogP) is 3.31. The van der Waals surface area contributed by atoms with E-state index in [0.29, 0.717) is 0 Å². The van der Waals surface area contributed by atoms with Crippen LogP contribution >= 0.6 is 0 Å². The standard InChI is InChI=1S/C16H15N5O4/c22-20(23)13-4-6-15(16(9-13)21(24)25)19-18-10-11-3-5-14-12(8-11)2-1-7-17-14/h3-6,8-10,17,19H,1-2,7H2/b18-10+. The van der Waals surface area contributed by atoms with Crippen molar-refractivity contribution >= 4 is 29.0 Å². The SMILES string of the molecule is O=[N+]([O-])c1ccc(N/N=C/c2ccc3c(c2)CCCN3)c([N+](=O)[O-])c1. The number of hydrogen-bond acceptors (Lipinski definition) is 7. The van der Waals surface area contributed by atoms with Crippen molar-refractivity contribution in [2.24, 2.45) is 5.10 Å². The van der Waals surface area contributed by atoms with Gasteiger partial charge < -0.3 is 5.32 Å². The molecule has 1 heterocycles. The number of hydrazone groups is 1. The molecule has 0 spiro atoms. The lowest BCUT2D eigenvalue weighted by Crippen LogP contribution is -2.11. The highest BCUT2D eigenvalue weighted by Crippen LogP contribution is 2.29. The summed E-state index contributed by atoms with van der Waals surface area (Å²) >= 11 is 0. The first-order valence-electron chi connectivity index (χ1n) is 7.63. The van der Waals surface area contributed by atoms with E-state index >= 15 is 0 Å². The first kappa shape index (κ1) is 16.4. The number of rotatable bonds is 5. The molecule has 9 nitrogen and oxygen atoms in total. The van der Waals surface area contributed by atoms with Crippen molar-refractivity contribution in [3.8, 4) is 0 Å². The van der Waals surface area contributed by atoms with Gasteiger partial charge in [0.05, 0.1) is 22.1 Å². The Kier molecular flexibility index (Phi) is 4.55. The van der Waals surface area contributed by atoms with E-state index in [9.17, 15) is 20.2 Å². The van der Waals surface area contributed by atoms with Crippen molar-refractivity contribution in [3.63, 3.8) is 0 Å². The van der Waals surface area contributed by atoms with Crippen molar-refractivity contribution < 1.29 is 9.85 Å². The minimum Gasteiger partial charge on any atom is -0.385 e. The molecule has 128 valence electrons. The summed E-state index contributed by atoms with van der Waals surface area (Å²) in [6.07, 6.45) is 3.62. The Morgan fingerprint density at radius 3 is 2.72 bits per heavy atom. The van der Waals surface area contributed by atoms with Gasteiger partial charge in [0.25, 0.3) is 5.69 Å². The number of nitro groups is 2. The van der Waals surface area contributed by atoms with Crippen LogP contribution in [0.3, 0.4) is 0 Å². The average Bonchev–Trinajstić information content (AvgIpc) is 2.61. The molecule has 3 rings (SSSR count). The Morgan fingerprint density at radius 2 is 1.96 bits per heavy atom. The van der Waals surface area contributed by atoms with Gasteiger partial charge in [0.15, 0.2) is 0 Å². The molecule has 0 saturated carbocycles. The Bertz CT molecular complexity index is 866. The molecule has 2 aromatic rings. The fraction of sp³-hybridized carbons (Fsp3) is 0.188. The number of hydrogen-bond donors (Lipinski definition) is 2. The van der Waals surface area contributed by atoms with Crippen LogP contribution < -0.4 is 10.7 Å². The number of nitro benzene ring substituents is 2. The number of anilines is 2. The van der Waals surface area contributed by atoms with Gasteiger partial charge in [0, 0.05) is 18.3 Å². The fourth-order valence-electron chi connectivity index (χ4n) is 2.63. The van der Waals surface area contributed by atoms with Crippen molar-refractivity contribution in [3.05, 3.63) is 67.8 Å². The molecule has 1 aliphatic rings. The van der Waals surface area contributed by atoms with Gasteiger partial charge in [-0.2, -0.15) is 5.10 Å². The number of nitrogens with one attached hydrogen (secondary N) is 2. The van der Waals surface area contributed by atoms with Gasteiger partial charge >= 0.3 is 5.69 Å². The molecular weight excluding hydrogens is 326 g/mol. The summed E-state index contributed by atoms with van der Waals surface area (Å²) < 4.78 is 0. The normalized spacial score (nSPS) is 13.1. The molecule has 0 aliphatic carbocycles. The van der Waals surface area contributed by atoms with E-state index in [-0.39, 0.29) is 11.4 Å². The number of nitrogens with zero attached hydrogens (tertiary/aromatic N) is 3. The minimum absolute atomic E-state index is 0.0893. The van der Waals surface area contributed by atoms with Gasteiger partial charge in [-0.25, -0.2) is 0 Å². The van der Waals surface area contributed by atoms with Gasteiger partial charge in [-0.05, 0) is 42.2 Å². The maximum atomic E-state index is 11.1. The van der Waals surface area contributed by atoms with Gasteiger partial charge in [-0.1, -0.05) is 6.07 Å². The largest absolute Gasteiger partial charge is 0.385 e. The van der Waals surface area contributed by atoms with Crippen molar-refractivity contribution in [2.45, 2.75) is 12.8 Å². The Labute approximate surface area is 142 Å². The van der Waals surface area contributed by atoms with Crippen LogP contribution in [-0.2, 0) is 6.42 Å². The quantitative estimate of drug-likeness (QED) is 0.488. The van der Waals surface area contributed by atoms with Crippen LogP contribution in [0.5, 0.6) is 0 Å². The van der Waals surface area contributed by atoms with Gasteiger partial charge in [-0.15, -0.1) is 0 Å². The first-order chi connectivity index (χ1) is 12.0. The molecule has 2 aromatic carbocycles. The van der Waals surface area contributed by atoms with E-state index in [2.05, 4.69) is 15.8 Å². The van der Waals surface area contributed by atoms with Crippen molar-refractivity contribution in [1.82, 2.24) is 0 Å². The molecule has 0 atom stereocenters. The highest BCUT2D eigenvalue weighted by molar-refractivity contribution is 5.82. The molecule has 0 bridgehead atoms. The molecule has 2 N–H and O–H groups in total. The van der Waals surface area contributed by atoms with Gasteiger partial charge in [-0.3, -0.25) is 25.7 Å². The smallest absolute Gasteiger partial charge is 0.301 e. The summed E-state index contributed by atoms with van der Waals surface area (Å²) in [6, 6.07) is 9.25. The summed E-state index contributed by atoms with van der Waals surface area (Å²) in [6.45, 7) is 0.964. The summed E-state index contributed by atoms with van der Waals surface area (Å²) in [7, 11) is 0. The van der Waals surface area contributed by atoms with Crippen LogP contribution in [-0.4, -0.2) is 22.6 Å². The molecule has 0 unspecified atom stereocenters. The lowest BCUT2D eigenvalue weighted by Gasteiger charge is -2.17. The van der Waals surface area contributed by atoms with Gasteiger partial charge in [0.2, 0.25) is 0 Å². The zero-order valence-electron chi connectivity index (χ0n) is 13.1. The van der Waals surface area contributed by atoms with Crippen molar-refractivity contribution in [2.75, 3.05) is 17.3 Å². The maximum absolute atomic E-state index is 11.1. The van der Waals surface area contributed by atoms with Crippen molar-refractivity contribution in [1.29, 1.82) is 0 Å². The predicted molar refractivity (Wildman–Crippen MR) is 94.2 cm³/mol. The minimum atomic E-state index is -0.685. The second-order valence-electron chi connectivity index (χ2n) is 5.53. The number of aryl methyl sites for hydroxylation is 1. The van der Waals surface area contributed by atoms with E-state index in [0.717, 1.165) is 36.7 Å². The second kappa shape index (κ2) is 6.95. The Balaban J connectivity index is 1.78. The number of non-ortho nitro benzene ring substituents is 1. The number of benzene rings is 2. The monoisotopic (exact) mass is 341 g/mol. The fourth-order valence-corrected chi connectivity index (χ4v) is 2.63. The Morgan fingerprint density at radius 1 is 1.12 bits per heavy atom. The highest BCUT2D eigenvalue weighted by Gasteiger charge is 2.19. The van der Waals surface area contributed by atoms with Crippen LogP contribution in [0.15, 0.2) is 41.5 Å². The summed E-state index contributed by atoms with van der Waals surface area (Å²) in [5.41, 5.74) is 5.10. The lowest BCUT2D eigenvalue weighted by atomic mass is 10.0. The van der Waals surface area contributed by atoms with E-state index in [4.69, 9.17) is 0 Å². The summed E-state index contributed by atoms with van der Waals surface area (Å²) in [4.78, 5) is 20.4. The van der Waals surface area contributed by atoms with Crippen LogP contribution in [0, 0.1) is 20.2 Å². The molecule has 0 saturated heterocycles. The molecule has 25 heavy (non-hydrogen) atoms. The van der Waals surface area contributed by atoms with Crippen LogP contribution in [0.4, 0.5) is 22.7 Å². The van der Waals surface area contributed by atoms with Crippen LogP contribution in [0.25, 0.3) is 0 Å². The molecule has 0 radical (unpaired) electrons. The van der Waals surface area contributed by atoms with E-state index < -0.39 is 15.5 Å². The van der Waals surface area contributed by atoms with Gasteiger partial charge in [0.1, 0.15) is 5.69 Å². The highest BCUT2D eigenvalue weighted by atomic mass is 16.6. The molecule has 0 aromatic heterocycles. The molecular formula is C16H15N5O4. The van der Waals surface area contributed by atoms with E-state index in [1.54, 1.807) is 6.21 Å². The molecule has 9 heteroatoms. The topological polar surface area (TPSA) is 123 Å². The third-order valence-electron chi connectivity index (χ3n) is 3.86. The summed E-state index contributed by atoms with van der Waals surface area (Å²) in [5, 5.41) is 29.1. The van der Waals surface area contributed by atoms with Crippen LogP contribution in [0.2, 0.25) is 0 Å². The second-order valence-corrected chi connectivity index (χ2v) is 5.53. The molecule has 0 amide bonds. The van der Waals surface area contributed by atoms with E-state index in [1.807, 2.05) is 18.2 Å². The first-order valence-corrected chi connectivity index (χ1v) is 7.63. The number of fused-ring (bicyclic) bond motifs is 1. The summed E-state index contributed by atoms with van der Waals surface area (Å²) in [5.74, 6) is 0. The molecule has 1 aliphatic heterocycles. The van der Waals surface area contributed by atoms with E-state index in [1.165, 1.54) is 17.7 Å². The third-order valence-corrected chi connectivity index (χ3v) is 3.86. The van der Waals surface area contributed by atoms with Crippen LogP contribution in [0.1, 0.15) is 17.5 Å². The average molecular weight is 341 g/mol. The zero-order valence-corrected chi connectivity index (χ0v) is 13.1. The maximum Gasteiger partial charge on any atom is 0.301 e. The zero-order chi connectivity index (χ0) is 17.8. The Hall–Kier alpha value is -3.49.